The Morgan fingerprint density at radius 3 is 2.00 bits per heavy atom. The molecule has 0 aromatic heterocycles. The molecule has 0 amide bonds. The van der Waals surface area contributed by atoms with Gasteiger partial charge >= 0.3 is 5.97 Å². The molecule has 0 atom stereocenters. The van der Waals surface area contributed by atoms with Gasteiger partial charge in [-0.2, -0.15) is 4.39 Å². The maximum Gasteiger partial charge on any atom is 0.343 e. The minimum absolute atomic E-state index is 0.0307. The maximum absolute atomic E-state index is 15.5. The van der Waals surface area contributed by atoms with Crippen LogP contribution in [0.5, 0.6) is 28.7 Å². The van der Waals surface area contributed by atoms with E-state index < -0.39 is 45.9 Å². The average Bonchev–Trinajstić information content (AvgIpc) is 3.00. The zero-order chi connectivity index (χ0) is 21.4. The molecule has 0 unspecified atom stereocenters. The second-order valence-corrected chi connectivity index (χ2v) is 6.76. The van der Waals surface area contributed by atoms with E-state index in [0.29, 0.717) is 0 Å². The lowest BCUT2D eigenvalue weighted by atomic mass is 9.77. The highest BCUT2D eigenvalue weighted by atomic mass is 19.2. The Morgan fingerprint density at radius 2 is 1.47 bits per heavy atom. The second-order valence-electron chi connectivity index (χ2n) is 6.76. The number of ether oxygens (including phenoxy) is 3. The van der Waals surface area contributed by atoms with E-state index in [2.05, 4.69) is 0 Å². The number of methoxy groups -OCH3 is 1. The molecule has 3 aromatic carbocycles. The third-order valence-electron chi connectivity index (χ3n) is 5.20. The van der Waals surface area contributed by atoms with Gasteiger partial charge in [-0.25, -0.2) is 13.6 Å². The van der Waals surface area contributed by atoms with E-state index in [-0.39, 0.29) is 34.1 Å². The number of carbonyl (C=O) groups is 1. The highest BCUT2D eigenvalue weighted by Gasteiger charge is 2.57. The van der Waals surface area contributed by atoms with Crippen LogP contribution in [0.2, 0.25) is 0 Å². The number of fused-ring (bicyclic) bond motifs is 6. The fourth-order valence-corrected chi connectivity index (χ4v) is 4.00. The summed E-state index contributed by atoms with van der Waals surface area (Å²) in [6.07, 6.45) is 0. The highest BCUT2D eigenvalue weighted by molar-refractivity contribution is 5.98. The first-order valence-electron chi connectivity index (χ1n) is 8.62. The minimum atomic E-state index is -2.07. The van der Waals surface area contributed by atoms with E-state index in [1.54, 1.807) is 0 Å². The summed E-state index contributed by atoms with van der Waals surface area (Å²) in [7, 11) is 0.958. The van der Waals surface area contributed by atoms with Crippen molar-refractivity contribution in [1.29, 1.82) is 0 Å². The van der Waals surface area contributed by atoms with Gasteiger partial charge in [0.1, 0.15) is 28.6 Å². The Labute approximate surface area is 166 Å². The van der Waals surface area contributed by atoms with Gasteiger partial charge in [-0.05, 0) is 24.3 Å². The molecule has 0 bridgehead atoms. The molecule has 0 saturated carbocycles. The molecule has 9 heteroatoms. The number of esters is 1. The predicted octanol–water partition coefficient (Wildman–Crippen LogP) is 4.09. The quantitative estimate of drug-likeness (QED) is 0.459. The Bertz CT molecular complexity index is 1220. The molecule has 2 aliphatic heterocycles. The predicted molar refractivity (Wildman–Crippen MR) is 94.5 cm³/mol. The monoisotopic (exact) mass is 416 g/mol. The molecule has 3 aromatic rings. The number of aromatic hydroxyl groups is 2. The van der Waals surface area contributed by atoms with Gasteiger partial charge in [0.05, 0.1) is 12.7 Å². The topological polar surface area (TPSA) is 85.2 Å². The maximum atomic E-state index is 15.5. The number of benzene rings is 3. The Kier molecular flexibility index (Phi) is 3.52. The molecular formula is C21H11F3O6. The van der Waals surface area contributed by atoms with Crippen molar-refractivity contribution in [3.63, 3.8) is 0 Å². The number of hydrogen-bond donors (Lipinski definition) is 2. The van der Waals surface area contributed by atoms with E-state index in [1.807, 2.05) is 0 Å². The van der Waals surface area contributed by atoms with Gasteiger partial charge in [-0.3, -0.25) is 0 Å². The fraction of sp³-hybridized carbons (Fsp3) is 0.0952. The first-order chi connectivity index (χ1) is 14.3. The molecule has 30 heavy (non-hydrogen) atoms. The Balaban J connectivity index is 1.97. The third-order valence-corrected chi connectivity index (χ3v) is 5.20. The van der Waals surface area contributed by atoms with Crippen molar-refractivity contribution in [1.82, 2.24) is 0 Å². The molecule has 2 heterocycles. The van der Waals surface area contributed by atoms with Crippen LogP contribution >= 0.6 is 0 Å². The van der Waals surface area contributed by atoms with Crippen molar-refractivity contribution < 1.29 is 42.4 Å². The van der Waals surface area contributed by atoms with Crippen LogP contribution in [0.15, 0.2) is 36.4 Å². The summed E-state index contributed by atoms with van der Waals surface area (Å²) in [5.41, 5.74) is -3.44. The summed E-state index contributed by atoms with van der Waals surface area (Å²) >= 11 is 0. The molecule has 0 radical (unpaired) electrons. The van der Waals surface area contributed by atoms with Crippen molar-refractivity contribution in [3.05, 3.63) is 76.1 Å². The van der Waals surface area contributed by atoms with Crippen LogP contribution in [0.4, 0.5) is 13.2 Å². The fourth-order valence-electron chi connectivity index (χ4n) is 4.00. The van der Waals surface area contributed by atoms with Crippen LogP contribution in [0, 0.1) is 17.5 Å². The largest absolute Gasteiger partial charge is 0.508 e. The van der Waals surface area contributed by atoms with Crippen LogP contribution in [0.1, 0.15) is 27.0 Å². The third kappa shape index (κ3) is 2.06. The number of halogens is 3. The molecule has 2 aliphatic rings. The number of phenolic OH excluding ortho intramolecular Hbond substituents is 2. The molecule has 152 valence electrons. The lowest BCUT2D eigenvalue weighted by Gasteiger charge is -2.36. The van der Waals surface area contributed by atoms with Gasteiger partial charge in [0.2, 0.25) is 5.82 Å². The first kappa shape index (κ1) is 18.2. The zero-order valence-corrected chi connectivity index (χ0v) is 15.1. The van der Waals surface area contributed by atoms with Gasteiger partial charge < -0.3 is 24.4 Å². The molecule has 2 N–H and O–H groups in total. The highest BCUT2D eigenvalue weighted by Crippen LogP contribution is 2.58. The molecule has 5 rings (SSSR count). The van der Waals surface area contributed by atoms with Gasteiger partial charge in [0.25, 0.3) is 0 Å². The molecule has 0 saturated heterocycles. The summed E-state index contributed by atoms with van der Waals surface area (Å²) < 4.78 is 60.4. The summed E-state index contributed by atoms with van der Waals surface area (Å²) in [5.74, 6) is -7.38. The number of hydrogen-bond acceptors (Lipinski definition) is 6. The molecule has 0 fully saturated rings. The minimum Gasteiger partial charge on any atom is -0.508 e. The van der Waals surface area contributed by atoms with Gasteiger partial charge in [-0.1, -0.05) is 0 Å². The average molecular weight is 416 g/mol. The summed E-state index contributed by atoms with van der Waals surface area (Å²) in [6, 6.07) is 7.49. The van der Waals surface area contributed by atoms with E-state index in [9.17, 15) is 23.8 Å². The molecule has 0 aliphatic carbocycles. The van der Waals surface area contributed by atoms with Crippen LogP contribution < -0.4 is 9.47 Å². The summed E-state index contributed by atoms with van der Waals surface area (Å²) in [4.78, 5) is 12.6. The van der Waals surface area contributed by atoms with E-state index in [1.165, 1.54) is 36.4 Å². The molecule has 6 nitrogen and oxygen atoms in total. The van der Waals surface area contributed by atoms with Crippen molar-refractivity contribution >= 4 is 5.97 Å². The molecular weight excluding hydrogens is 405 g/mol. The lowest BCUT2D eigenvalue weighted by molar-refractivity contribution is 0.0215. The van der Waals surface area contributed by atoms with Crippen molar-refractivity contribution in [2.45, 2.75) is 5.60 Å². The Hall–Kier alpha value is -3.88. The van der Waals surface area contributed by atoms with Crippen LogP contribution in [0.25, 0.3) is 0 Å². The summed E-state index contributed by atoms with van der Waals surface area (Å²) in [5, 5.41) is 19.7. The second kappa shape index (κ2) is 5.82. The van der Waals surface area contributed by atoms with Gasteiger partial charge in [0.15, 0.2) is 23.0 Å². The van der Waals surface area contributed by atoms with Crippen LogP contribution in [-0.2, 0) is 10.3 Å². The Morgan fingerprint density at radius 1 is 0.900 bits per heavy atom. The SMILES string of the molecule is COc1c(F)c(F)c2c(c1F)C1(OC2=O)c2ccc(O)cc2Oc2cc(O)ccc21. The number of carbonyl (C=O) groups excluding carboxylic acids is 1. The smallest absolute Gasteiger partial charge is 0.343 e. The number of phenols is 2. The van der Waals surface area contributed by atoms with E-state index >= 15 is 4.39 Å². The standard InChI is InChI=1S/C21H11F3O6/c1-28-19-17(23)15-14(16(22)18(19)24)20(27)30-21(15)10-4-2-8(25)6-12(10)29-13-7-9(26)3-5-11(13)21/h2-7,25-26H,1H3. The van der Waals surface area contributed by atoms with Crippen molar-refractivity contribution in [3.8, 4) is 28.7 Å². The number of rotatable bonds is 1. The van der Waals surface area contributed by atoms with E-state index in [4.69, 9.17) is 14.2 Å². The lowest BCUT2D eigenvalue weighted by Crippen LogP contribution is -2.34. The summed E-state index contributed by atoms with van der Waals surface area (Å²) in [6.45, 7) is 0. The van der Waals surface area contributed by atoms with Gasteiger partial charge in [0, 0.05) is 23.3 Å². The van der Waals surface area contributed by atoms with E-state index in [0.717, 1.165) is 7.11 Å². The first-order valence-corrected chi connectivity index (χ1v) is 8.62. The van der Waals surface area contributed by atoms with Crippen molar-refractivity contribution in [2.75, 3.05) is 7.11 Å². The van der Waals surface area contributed by atoms with Crippen molar-refractivity contribution in [2.24, 2.45) is 0 Å². The zero-order valence-electron chi connectivity index (χ0n) is 15.1. The van der Waals surface area contributed by atoms with Crippen LogP contribution in [0.3, 0.4) is 0 Å². The van der Waals surface area contributed by atoms with Gasteiger partial charge in [-0.15, -0.1) is 0 Å². The molecule has 1 spiro atoms. The van der Waals surface area contributed by atoms with Crippen LogP contribution in [-0.4, -0.2) is 23.3 Å². The normalized spacial score (nSPS) is 15.1.